The second-order valence-electron chi connectivity index (χ2n) is 9.65. The summed E-state index contributed by atoms with van der Waals surface area (Å²) in [6.45, 7) is 10.0. The average Bonchev–Trinajstić information content (AvgIpc) is 3.18. The van der Waals surface area contributed by atoms with Crippen molar-refractivity contribution in [3.05, 3.63) is 107 Å². The zero-order valence-corrected chi connectivity index (χ0v) is 18.7. The highest BCUT2D eigenvalue weighted by Crippen LogP contribution is 2.52. The number of aryl methyl sites for hydroxylation is 2. The van der Waals surface area contributed by atoms with Crippen LogP contribution < -0.4 is 0 Å². The molecule has 1 heterocycles. The fraction of sp³-hybridized carbons (Fsp3) is 0.200. The Balaban J connectivity index is 1.72. The van der Waals surface area contributed by atoms with Gasteiger partial charge in [-0.3, -0.25) is 0 Å². The molecule has 1 aliphatic carbocycles. The van der Waals surface area contributed by atoms with Crippen molar-refractivity contribution < 1.29 is 0 Å². The number of aromatic nitrogens is 1. The molecule has 0 saturated carbocycles. The third kappa shape index (κ3) is 2.56. The van der Waals surface area contributed by atoms with Gasteiger partial charge in [-0.1, -0.05) is 97.8 Å². The predicted octanol–water partition coefficient (Wildman–Crippen LogP) is 7.77. The van der Waals surface area contributed by atoms with Crippen LogP contribution in [0.4, 0.5) is 0 Å². The molecule has 0 unspecified atom stereocenters. The van der Waals surface area contributed by atoms with Crippen molar-refractivity contribution in [2.75, 3.05) is 0 Å². The fourth-order valence-electron chi connectivity index (χ4n) is 5.91. The van der Waals surface area contributed by atoms with Gasteiger partial charge in [0.05, 0.1) is 5.52 Å². The molecule has 1 heteroatoms. The Morgan fingerprint density at radius 3 is 2.23 bits per heavy atom. The Kier molecular flexibility index (Phi) is 3.77. The van der Waals surface area contributed by atoms with E-state index in [2.05, 4.69) is 111 Å². The van der Waals surface area contributed by atoms with E-state index in [0.717, 1.165) is 6.54 Å². The minimum atomic E-state index is -0.0277. The molecule has 0 atom stereocenters. The highest BCUT2D eigenvalue weighted by molar-refractivity contribution is 6.12. The summed E-state index contributed by atoms with van der Waals surface area (Å²) in [5.41, 5.74) is 12.4. The van der Waals surface area contributed by atoms with Crippen LogP contribution in [-0.2, 0) is 12.0 Å². The van der Waals surface area contributed by atoms with Crippen LogP contribution in [0, 0.1) is 13.8 Å². The number of nitrogens with zero attached hydrogens (tertiary/aromatic N) is 1. The van der Waals surface area contributed by atoms with Crippen molar-refractivity contribution in [2.45, 2.75) is 39.7 Å². The lowest BCUT2D eigenvalue weighted by molar-refractivity contribution is 0.660. The van der Waals surface area contributed by atoms with Gasteiger partial charge in [-0.2, -0.15) is 0 Å². The number of fused-ring (bicyclic) bond motifs is 7. The van der Waals surface area contributed by atoms with Crippen LogP contribution in [0.2, 0.25) is 0 Å². The van der Waals surface area contributed by atoms with E-state index in [-0.39, 0.29) is 5.41 Å². The Labute approximate surface area is 184 Å². The summed E-state index contributed by atoms with van der Waals surface area (Å²) in [5.74, 6) is 0. The van der Waals surface area contributed by atoms with Crippen molar-refractivity contribution in [2.24, 2.45) is 0 Å². The van der Waals surface area contributed by atoms with E-state index < -0.39 is 0 Å². The van der Waals surface area contributed by atoms with Crippen molar-refractivity contribution in [1.82, 2.24) is 4.57 Å². The molecule has 0 aliphatic heterocycles. The van der Waals surface area contributed by atoms with Crippen LogP contribution in [0.1, 0.15) is 41.7 Å². The lowest BCUT2D eigenvalue weighted by atomic mass is 9.81. The van der Waals surface area contributed by atoms with E-state index in [1.165, 1.54) is 60.8 Å². The Bertz CT molecular complexity index is 1480. The molecule has 0 amide bonds. The van der Waals surface area contributed by atoms with Gasteiger partial charge in [0.15, 0.2) is 0 Å². The van der Waals surface area contributed by atoms with Gasteiger partial charge in [0, 0.05) is 28.2 Å². The second-order valence-corrected chi connectivity index (χ2v) is 9.65. The van der Waals surface area contributed by atoms with Crippen molar-refractivity contribution in [3.63, 3.8) is 0 Å². The first-order valence-corrected chi connectivity index (χ1v) is 11.2. The molecular weight excluding hydrogens is 374 g/mol. The van der Waals surface area contributed by atoms with E-state index in [1.807, 2.05) is 0 Å². The van der Waals surface area contributed by atoms with Crippen molar-refractivity contribution >= 4 is 21.8 Å². The molecule has 31 heavy (non-hydrogen) atoms. The first-order chi connectivity index (χ1) is 14.9. The first kappa shape index (κ1) is 18.4. The number of benzene rings is 4. The molecular formula is C30H27N. The summed E-state index contributed by atoms with van der Waals surface area (Å²) in [5, 5.41) is 2.70. The summed E-state index contributed by atoms with van der Waals surface area (Å²) in [6, 6.07) is 29.4. The van der Waals surface area contributed by atoms with Crippen LogP contribution in [-0.4, -0.2) is 4.57 Å². The number of hydrogen-bond donors (Lipinski definition) is 0. The van der Waals surface area contributed by atoms with Gasteiger partial charge in [0.1, 0.15) is 0 Å². The summed E-state index contributed by atoms with van der Waals surface area (Å²) in [7, 11) is 0. The second kappa shape index (κ2) is 6.34. The molecule has 1 aliphatic rings. The van der Waals surface area contributed by atoms with E-state index in [4.69, 9.17) is 0 Å². The summed E-state index contributed by atoms with van der Waals surface area (Å²) in [6.07, 6.45) is 0. The number of para-hydroxylation sites is 1. The van der Waals surface area contributed by atoms with Gasteiger partial charge in [-0.25, -0.2) is 0 Å². The third-order valence-electron chi connectivity index (χ3n) is 7.07. The normalized spacial score (nSPS) is 14.2. The molecule has 0 radical (unpaired) electrons. The van der Waals surface area contributed by atoms with Crippen LogP contribution in [0.15, 0.2) is 78.9 Å². The highest BCUT2D eigenvalue weighted by atomic mass is 15.0. The maximum absolute atomic E-state index is 2.56. The quantitative estimate of drug-likeness (QED) is 0.285. The minimum Gasteiger partial charge on any atom is -0.336 e. The van der Waals surface area contributed by atoms with E-state index in [9.17, 15) is 0 Å². The zero-order chi connectivity index (χ0) is 21.3. The average molecular weight is 402 g/mol. The summed E-state index contributed by atoms with van der Waals surface area (Å²) in [4.78, 5) is 0. The Hall–Kier alpha value is -3.32. The molecule has 152 valence electrons. The third-order valence-corrected chi connectivity index (χ3v) is 7.07. The van der Waals surface area contributed by atoms with Crippen molar-refractivity contribution in [3.8, 4) is 11.1 Å². The SMILES string of the molecule is Cc1cc(C)cc(Cn2c3ccccc3c3ccc4c(c32)C(C)(C)c2ccccc2-4)c1. The van der Waals surface area contributed by atoms with Crippen LogP contribution >= 0.6 is 0 Å². The van der Waals surface area contributed by atoms with Gasteiger partial charge in [0.2, 0.25) is 0 Å². The lowest BCUT2D eigenvalue weighted by Crippen LogP contribution is -2.17. The topological polar surface area (TPSA) is 4.93 Å². The standard InChI is InChI=1S/C30H27N/c1-19-15-20(2)17-21(16-19)18-31-27-12-8-6-10-23(27)25-14-13-24-22-9-5-7-11-26(22)30(3,4)28(24)29(25)31/h5-17H,18H2,1-4H3. The van der Waals surface area contributed by atoms with Crippen LogP contribution in [0.5, 0.6) is 0 Å². The van der Waals surface area contributed by atoms with Gasteiger partial charge in [-0.15, -0.1) is 0 Å². The molecule has 0 bridgehead atoms. The summed E-state index contributed by atoms with van der Waals surface area (Å²) >= 11 is 0. The molecule has 5 aromatic rings. The predicted molar refractivity (Wildman–Crippen MR) is 132 cm³/mol. The zero-order valence-electron chi connectivity index (χ0n) is 18.7. The lowest BCUT2D eigenvalue weighted by Gasteiger charge is -2.23. The summed E-state index contributed by atoms with van der Waals surface area (Å²) < 4.78 is 2.56. The molecule has 0 N–H and O–H groups in total. The van der Waals surface area contributed by atoms with Gasteiger partial charge < -0.3 is 4.57 Å². The van der Waals surface area contributed by atoms with E-state index in [1.54, 1.807) is 0 Å². The maximum Gasteiger partial charge on any atom is 0.0542 e. The molecule has 0 saturated heterocycles. The molecule has 0 fully saturated rings. The van der Waals surface area contributed by atoms with Crippen LogP contribution in [0.25, 0.3) is 32.9 Å². The molecule has 6 rings (SSSR count). The Morgan fingerprint density at radius 2 is 1.42 bits per heavy atom. The number of hydrogen-bond acceptors (Lipinski definition) is 0. The van der Waals surface area contributed by atoms with Crippen molar-refractivity contribution in [1.29, 1.82) is 0 Å². The maximum atomic E-state index is 2.56. The molecule has 4 aromatic carbocycles. The van der Waals surface area contributed by atoms with E-state index in [0.29, 0.717) is 0 Å². The van der Waals surface area contributed by atoms with Gasteiger partial charge >= 0.3 is 0 Å². The first-order valence-electron chi connectivity index (χ1n) is 11.2. The molecule has 1 nitrogen and oxygen atoms in total. The number of rotatable bonds is 2. The minimum absolute atomic E-state index is 0.0277. The Morgan fingerprint density at radius 1 is 0.710 bits per heavy atom. The fourth-order valence-corrected chi connectivity index (χ4v) is 5.91. The van der Waals surface area contributed by atoms with Gasteiger partial charge in [0.25, 0.3) is 0 Å². The van der Waals surface area contributed by atoms with E-state index >= 15 is 0 Å². The van der Waals surface area contributed by atoms with Crippen LogP contribution in [0.3, 0.4) is 0 Å². The molecule has 0 spiro atoms. The van der Waals surface area contributed by atoms with Gasteiger partial charge in [-0.05, 0) is 47.7 Å². The highest BCUT2D eigenvalue weighted by Gasteiger charge is 2.38. The molecule has 1 aromatic heterocycles. The smallest absolute Gasteiger partial charge is 0.0542 e. The monoisotopic (exact) mass is 401 g/mol. The largest absolute Gasteiger partial charge is 0.336 e.